The lowest BCUT2D eigenvalue weighted by molar-refractivity contribution is -0.267. The molecule has 0 radical (unpaired) electrons. The molecule has 8 rings (SSSR count). The third-order valence-corrected chi connectivity index (χ3v) is 12.6. The van der Waals surface area contributed by atoms with E-state index in [1.807, 2.05) is 0 Å². The van der Waals surface area contributed by atoms with Crippen molar-refractivity contribution in [2.24, 2.45) is 28.6 Å². The SMILES string of the molecule is C=C1[C@@H]2[C@H](CO)[C@@H]3CCC[C@@]14Cc1ccc5cc6c(cc5c1)[C@H](Cc1cccc(c1)CCC(=O)[C@@]34[C@]2(O)OC)[C@H](O)CC6. The molecule has 8 atom stereocenters. The van der Waals surface area contributed by atoms with E-state index < -0.39 is 28.6 Å². The first-order chi connectivity index (χ1) is 20.8. The smallest absolute Gasteiger partial charge is 0.185 e. The Balaban J connectivity index is 1.37. The number of benzene rings is 3. The second kappa shape index (κ2) is 9.58. The minimum atomic E-state index is -1.70. The van der Waals surface area contributed by atoms with Gasteiger partial charge in [0.25, 0.3) is 0 Å². The van der Waals surface area contributed by atoms with E-state index in [1.54, 1.807) is 0 Å². The van der Waals surface area contributed by atoms with Crippen LogP contribution in [0.25, 0.3) is 10.8 Å². The average Bonchev–Trinajstić information content (AvgIpc) is 3.35. The molecule has 3 aromatic carbocycles. The molecule has 7 bridgehead atoms. The number of carbonyl (C=O) groups excluding carboxylic acids is 1. The van der Waals surface area contributed by atoms with Crippen molar-refractivity contribution in [3.8, 4) is 0 Å². The van der Waals surface area contributed by atoms with E-state index in [-0.39, 0.29) is 30.1 Å². The van der Waals surface area contributed by atoms with Crippen molar-refractivity contribution in [1.82, 2.24) is 0 Å². The minimum Gasteiger partial charge on any atom is -0.396 e. The van der Waals surface area contributed by atoms with Gasteiger partial charge in [0.1, 0.15) is 5.78 Å². The number of carbonyl (C=O) groups is 1. The summed E-state index contributed by atoms with van der Waals surface area (Å²) in [7, 11) is 1.52. The Bertz CT molecular complexity index is 1660. The van der Waals surface area contributed by atoms with E-state index >= 15 is 0 Å². The van der Waals surface area contributed by atoms with Gasteiger partial charge in [-0.3, -0.25) is 4.79 Å². The van der Waals surface area contributed by atoms with Gasteiger partial charge in [0.15, 0.2) is 5.79 Å². The number of fused-ring (bicyclic) bond motifs is 4. The van der Waals surface area contributed by atoms with Crippen LogP contribution < -0.4 is 0 Å². The van der Waals surface area contributed by atoms with E-state index in [9.17, 15) is 20.1 Å². The largest absolute Gasteiger partial charge is 0.396 e. The Morgan fingerprint density at radius 2 is 1.81 bits per heavy atom. The molecule has 0 unspecified atom stereocenters. The highest BCUT2D eigenvalue weighted by atomic mass is 16.6. The maximum absolute atomic E-state index is 15.0. The van der Waals surface area contributed by atoms with Crippen molar-refractivity contribution in [1.29, 1.82) is 0 Å². The van der Waals surface area contributed by atoms with Crippen LogP contribution in [0.2, 0.25) is 0 Å². The zero-order chi connectivity index (χ0) is 29.7. The van der Waals surface area contributed by atoms with Gasteiger partial charge in [-0.25, -0.2) is 0 Å². The van der Waals surface area contributed by atoms with Crippen LogP contribution in [0.1, 0.15) is 65.8 Å². The van der Waals surface area contributed by atoms with Gasteiger partial charge < -0.3 is 20.1 Å². The first kappa shape index (κ1) is 27.7. The van der Waals surface area contributed by atoms with Gasteiger partial charge in [-0.2, -0.15) is 0 Å². The lowest BCUT2D eigenvalue weighted by Crippen LogP contribution is -2.62. The number of hydrogen-bond donors (Lipinski definition) is 3. The zero-order valence-electron chi connectivity index (χ0n) is 25.0. The fourth-order valence-corrected chi connectivity index (χ4v) is 11.1. The number of hydrogen-bond acceptors (Lipinski definition) is 5. The van der Waals surface area contributed by atoms with E-state index in [2.05, 4.69) is 61.2 Å². The van der Waals surface area contributed by atoms with Crippen molar-refractivity contribution in [2.75, 3.05) is 13.7 Å². The van der Waals surface area contributed by atoms with E-state index in [0.717, 1.165) is 60.6 Å². The molecule has 0 amide bonds. The van der Waals surface area contributed by atoms with Crippen LogP contribution >= 0.6 is 0 Å². The van der Waals surface area contributed by atoms with E-state index in [1.165, 1.54) is 29.2 Å². The molecule has 0 saturated heterocycles. The Morgan fingerprint density at radius 1 is 0.977 bits per heavy atom. The van der Waals surface area contributed by atoms with Gasteiger partial charge in [-0.15, -0.1) is 0 Å². The number of aliphatic hydroxyl groups is 3. The molecular weight excluding hydrogens is 536 g/mol. The van der Waals surface area contributed by atoms with Crippen molar-refractivity contribution >= 4 is 16.6 Å². The van der Waals surface area contributed by atoms with Gasteiger partial charge in [-0.1, -0.05) is 73.2 Å². The maximum Gasteiger partial charge on any atom is 0.185 e. The Hall–Kier alpha value is -2.83. The molecule has 0 aromatic heterocycles. The maximum atomic E-state index is 15.0. The van der Waals surface area contributed by atoms with E-state index in [0.29, 0.717) is 19.3 Å². The molecule has 0 heterocycles. The highest BCUT2D eigenvalue weighted by molar-refractivity contribution is 5.91. The molecule has 5 aliphatic carbocycles. The number of ketones is 1. The fourth-order valence-electron chi connectivity index (χ4n) is 11.1. The van der Waals surface area contributed by atoms with Crippen molar-refractivity contribution in [3.05, 3.63) is 94.6 Å². The van der Waals surface area contributed by atoms with Crippen LogP contribution in [0.5, 0.6) is 0 Å². The Morgan fingerprint density at radius 3 is 2.63 bits per heavy atom. The summed E-state index contributed by atoms with van der Waals surface area (Å²) in [6.45, 7) is 4.53. The topological polar surface area (TPSA) is 87.0 Å². The summed E-state index contributed by atoms with van der Waals surface area (Å²) < 4.78 is 6.07. The monoisotopic (exact) mass is 578 g/mol. The summed E-state index contributed by atoms with van der Waals surface area (Å²) in [5.41, 5.74) is 4.99. The van der Waals surface area contributed by atoms with Crippen LogP contribution in [0.4, 0.5) is 0 Å². The molecule has 224 valence electrons. The number of ether oxygens (including phenoxy) is 1. The minimum absolute atomic E-state index is 0.0278. The van der Waals surface area contributed by atoms with Crippen molar-refractivity contribution < 1.29 is 24.9 Å². The predicted octanol–water partition coefficient (Wildman–Crippen LogP) is 5.45. The quantitative estimate of drug-likeness (QED) is 0.278. The summed E-state index contributed by atoms with van der Waals surface area (Å²) in [5.74, 6) is -2.55. The van der Waals surface area contributed by atoms with Gasteiger partial charge >= 0.3 is 0 Å². The molecule has 43 heavy (non-hydrogen) atoms. The predicted molar refractivity (Wildman–Crippen MR) is 166 cm³/mol. The molecule has 3 saturated carbocycles. The first-order valence-corrected chi connectivity index (χ1v) is 16.2. The third kappa shape index (κ3) is 3.45. The first-order valence-electron chi connectivity index (χ1n) is 16.2. The van der Waals surface area contributed by atoms with Gasteiger partial charge in [0.05, 0.1) is 11.5 Å². The van der Waals surface area contributed by atoms with Crippen LogP contribution in [0.15, 0.2) is 66.7 Å². The Labute approximate surface area is 253 Å². The number of aliphatic hydroxyl groups excluding tert-OH is 2. The molecule has 5 aliphatic rings. The van der Waals surface area contributed by atoms with Crippen LogP contribution in [-0.2, 0) is 35.2 Å². The number of Topliss-reactive ketones (excluding diaryl/α,β-unsaturated/α-hetero) is 1. The molecular formula is C38H42O5. The molecule has 5 heteroatoms. The molecule has 5 nitrogen and oxygen atoms in total. The normalized spacial score (nSPS) is 38.2. The van der Waals surface area contributed by atoms with Gasteiger partial charge in [0, 0.05) is 37.4 Å². The lowest BCUT2D eigenvalue weighted by atomic mass is 9.45. The van der Waals surface area contributed by atoms with Crippen molar-refractivity contribution in [3.63, 3.8) is 0 Å². The van der Waals surface area contributed by atoms with Crippen LogP contribution in [0.3, 0.4) is 0 Å². The zero-order valence-corrected chi connectivity index (χ0v) is 25.0. The summed E-state index contributed by atoms with van der Waals surface area (Å²) >= 11 is 0. The second-order valence-electron chi connectivity index (χ2n) is 14.2. The van der Waals surface area contributed by atoms with Crippen LogP contribution in [-0.4, -0.2) is 46.7 Å². The molecule has 1 spiro atoms. The second-order valence-corrected chi connectivity index (χ2v) is 14.2. The van der Waals surface area contributed by atoms with E-state index in [4.69, 9.17) is 4.74 Å². The van der Waals surface area contributed by atoms with Crippen LogP contribution in [0, 0.1) is 28.6 Å². The lowest BCUT2D eigenvalue weighted by Gasteiger charge is -2.57. The van der Waals surface area contributed by atoms with Crippen molar-refractivity contribution in [2.45, 2.75) is 75.6 Å². The molecule has 3 fully saturated rings. The highest BCUT2D eigenvalue weighted by Gasteiger charge is 2.85. The number of methoxy groups -OCH3 is 1. The summed E-state index contributed by atoms with van der Waals surface area (Å²) in [5, 5.41) is 36.8. The number of rotatable bonds is 2. The number of aryl methyl sites for hydroxylation is 2. The summed E-state index contributed by atoms with van der Waals surface area (Å²) in [4.78, 5) is 15.0. The van der Waals surface area contributed by atoms with Gasteiger partial charge in [-0.05, 0) is 95.4 Å². The molecule has 3 N–H and O–H groups in total. The molecule has 0 aliphatic heterocycles. The molecule has 3 aromatic rings. The fraction of sp³-hybridized carbons (Fsp3) is 0.500. The standard InChI is InChI=1S/C38H42O5/c1-22-35-31(21-39)32-7-4-14-36(22)20-25-8-10-26-18-27-11-12-33(40)30(29(27)19-28(26)16-25)17-24-6-3-5-23(15-24)9-13-34(41)37(32,36)38(35,42)43-2/h3,5-6,8,10,15-16,18-19,30-33,35,39-40,42H,1,4,7,9,11-14,17,20-21H2,2H3/t30-,31+,32-,33+,35+,36+,37-,38+/m0/s1. The summed E-state index contributed by atoms with van der Waals surface area (Å²) in [6.07, 6.45) is 5.94. The van der Waals surface area contributed by atoms with Gasteiger partial charge in [0.2, 0.25) is 0 Å². The third-order valence-electron chi connectivity index (χ3n) is 12.6. The average molecular weight is 579 g/mol. The Kier molecular flexibility index (Phi) is 6.17. The highest BCUT2D eigenvalue weighted by Crippen LogP contribution is 2.80. The summed E-state index contributed by atoms with van der Waals surface area (Å²) in [6, 6.07) is 19.7.